The summed E-state index contributed by atoms with van der Waals surface area (Å²) in [5.41, 5.74) is 1.49. The molecule has 4 rings (SSSR count). The first-order valence-corrected chi connectivity index (χ1v) is 10.1. The van der Waals surface area contributed by atoms with Crippen LogP contribution in [0.1, 0.15) is 57.9 Å². The minimum Gasteiger partial charge on any atom is -0.444 e. The molecule has 1 saturated heterocycles. The number of anilines is 1. The van der Waals surface area contributed by atoms with E-state index in [0.717, 1.165) is 36.7 Å². The molecule has 7 nitrogen and oxygen atoms in total. The Morgan fingerprint density at radius 1 is 1.21 bits per heavy atom. The first-order valence-electron chi connectivity index (χ1n) is 10.1. The lowest BCUT2D eigenvalue weighted by Gasteiger charge is -2.33. The molecule has 2 aliphatic rings. The molecule has 1 aliphatic heterocycles. The molecule has 2 N–H and O–H groups in total. The normalized spacial score (nSPS) is 18.3. The van der Waals surface area contributed by atoms with Crippen LogP contribution in [-0.2, 0) is 9.53 Å². The number of H-pyrrole nitrogens is 1. The van der Waals surface area contributed by atoms with Gasteiger partial charge in [-0.3, -0.25) is 4.79 Å². The fraction of sp³-hybridized carbons (Fsp3) is 0.571. The van der Waals surface area contributed by atoms with Crippen molar-refractivity contribution in [1.82, 2.24) is 14.9 Å². The Morgan fingerprint density at radius 3 is 2.57 bits per heavy atom. The summed E-state index contributed by atoms with van der Waals surface area (Å²) in [7, 11) is 0. The van der Waals surface area contributed by atoms with Gasteiger partial charge in [-0.15, -0.1) is 0 Å². The highest BCUT2D eigenvalue weighted by molar-refractivity contribution is 5.94. The minimum absolute atomic E-state index is 0.0594. The number of hydrogen-bond acceptors (Lipinski definition) is 4. The van der Waals surface area contributed by atoms with Crippen molar-refractivity contribution in [2.75, 3.05) is 18.4 Å². The number of hydrogen-bond donors (Lipinski definition) is 2. The van der Waals surface area contributed by atoms with E-state index in [0.29, 0.717) is 24.8 Å². The van der Waals surface area contributed by atoms with Gasteiger partial charge in [0.1, 0.15) is 17.1 Å². The van der Waals surface area contributed by atoms with Crippen LogP contribution in [0.25, 0.3) is 11.0 Å². The third-order valence-electron chi connectivity index (χ3n) is 5.35. The summed E-state index contributed by atoms with van der Waals surface area (Å²) < 4.78 is 5.49. The van der Waals surface area contributed by atoms with Gasteiger partial charge < -0.3 is 19.9 Å². The summed E-state index contributed by atoms with van der Waals surface area (Å²) in [5, 5.41) is 4.05. The molecule has 0 bridgehead atoms. The highest BCUT2D eigenvalue weighted by Crippen LogP contribution is 2.35. The minimum atomic E-state index is -0.481. The Morgan fingerprint density at radius 2 is 1.93 bits per heavy atom. The zero-order valence-corrected chi connectivity index (χ0v) is 16.7. The van der Waals surface area contributed by atoms with Gasteiger partial charge in [-0.25, -0.2) is 9.78 Å². The second kappa shape index (κ2) is 7.11. The molecule has 0 radical (unpaired) electrons. The summed E-state index contributed by atoms with van der Waals surface area (Å²) in [6, 6.07) is 4.04. The van der Waals surface area contributed by atoms with Crippen molar-refractivity contribution in [3.05, 3.63) is 23.9 Å². The molecule has 0 aromatic carbocycles. The first-order chi connectivity index (χ1) is 13.3. The molecule has 7 heteroatoms. The maximum absolute atomic E-state index is 12.3. The topological polar surface area (TPSA) is 87.3 Å². The molecule has 0 atom stereocenters. The van der Waals surface area contributed by atoms with Crippen molar-refractivity contribution in [1.29, 1.82) is 0 Å². The predicted octanol–water partition coefficient (Wildman–Crippen LogP) is 4.03. The van der Waals surface area contributed by atoms with Gasteiger partial charge >= 0.3 is 6.09 Å². The molecule has 2 aromatic rings. The molecule has 2 amide bonds. The zero-order valence-electron chi connectivity index (χ0n) is 16.7. The van der Waals surface area contributed by atoms with E-state index in [1.54, 1.807) is 4.90 Å². The molecule has 2 aromatic heterocycles. The highest BCUT2D eigenvalue weighted by Gasteiger charge is 2.31. The number of fused-ring (bicyclic) bond motifs is 1. The molecule has 0 spiro atoms. The van der Waals surface area contributed by atoms with E-state index in [1.165, 1.54) is 5.56 Å². The number of nitrogens with one attached hydrogen (secondary N) is 2. The van der Waals surface area contributed by atoms with Crippen LogP contribution in [0.3, 0.4) is 0 Å². The number of aromatic amines is 1. The Balaban J connectivity index is 1.49. The summed E-state index contributed by atoms with van der Waals surface area (Å²) in [6.45, 7) is 6.98. The molecular formula is C21H28N4O3. The van der Waals surface area contributed by atoms with E-state index >= 15 is 0 Å². The number of carbonyl (C=O) groups excluding carboxylic acids is 2. The maximum atomic E-state index is 12.3. The Bertz CT molecular complexity index is 887. The fourth-order valence-corrected chi connectivity index (χ4v) is 3.74. The van der Waals surface area contributed by atoms with Crippen LogP contribution in [0.2, 0.25) is 0 Å². The number of carbonyl (C=O) groups is 2. The predicted molar refractivity (Wildman–Crippen MR) is 107 cm³/mol. The van der Waals surface area contributed by atoms with Crippen molar-refractivity contribution in [3.8, 4) is 0 Å². The highest BCUT2D eigenvalue weighted by atomic mass is 16.6. The number of piperidine rings is 1. The van der Waals surface area contributed by atoms with E-state index < -0.39 is 5.60 Å². The molecule has 2 fully saturated rings. The molecule has 150 valence electrons. The number of rotatable bonds is 3. The van der Waals surface area contributed by atoms with Crippen molar-refractivity contribution in [2.24, 2.45) is 5.92 Å². The van der Waals surface area contributed by atoms with E-state index in [-0.39, 0.29) is 17.9 Å². The first kappa shape index (κ1) is 18.8. The van der Waals surface area contributed by atoms with E-state index in [9.17, 15) is 9.59 Å². The lowest BCUT2D eigenvalue weighted by atomic mass is 9.88. The van der Waals surface area contributed by atoms with Gasteiger partial charge in [-0.1, -0.05) is 0 Å². The number of nitrogens with zero attached hydrogens (tertiary/aromatic N) is 2. The average Bonchev–Trinajstić information content (AvgIpc) is 3.38. The van der Waals surface area contributed by atoms with Crippen LogP contribution in [0.15, 0.2) is 18.3 Å². The summed E-state index contributed by atoms with van der Waals surface area (Å²) in [4.78, 5) is 34.0. The lowest BCUT2D eigenvalue weighted by Crippen LogP contribution is -2.41. The monoisotopic (exact) mass is 384 g/mol. The van der Waals surface area contributed by atoms with Crippen LogP contribution < -0.4 is 5.32 Å². The molecule has 1 saturated carbocycles. The molecule has 1 aliphatic carbocycles. The van der Waals surface area contributed by atoms with Crippen molar-refractivity contribution >= 4 is 28.9 Å². The summed E-state index contributed by atoms with van der Waals surface area (Å²) >= 11 is 0. The summed E-state index contributed by atoms with van der Waals surface area (Å²) in [6.07, 6.45) is 5.28. The van der Waals surface area contributed by atoms with Gasteiger partial charge in [-0.2, -0.15) is 0 Å². The van der Waals surface area contributed by atoms with E-state index in [1.807, 2.05) is 39.1 Å². The zero-order chi connectivity index (χ0) is 19.9. The number of pyridine rings is 1. The smallest absolute Gasteiger partial charge is 0.410 e. The van der Waals surface area contributed by atoms with Crippen LogP contribution in [0.5, 0.6) is 0 Å². The number of ether oxygens (including phenoxy) is 1. The number of aromatic nitrogens is 2. The van der Waals surface area contributed by atoms with E-state index in [4.69, 9.17) is 4.74 Å². The van der Waals surface area contributed by atoms with Gasteiger partial charge in [0.25, 0.3) is 0 Å². The van der Waals surface area contributed by atoms with Gasteiger partial charge in [0.2, 0.25) is 5.91 Å². The molecular weight excluding hydrogens is 356 g/mol. The SMILES string of the molecule is CC(C)(C)OC(=O)N1CCC(c2cc(NC(=O)C3CC3)nc3[nH]ccc23)CC1. The summed E-state index contributed by atoms with van der Waals surface area (Å²) in [5.74, 6) is 1.12. The van der Waals surface area contributed by atoms with Gasteiger partial charge in [0.15, 0.2) is 0 Å². The molecule has 0 unspecified atom stereocenters. The van der Waals surface area contributed by atoms with Crippen LogP contribution in [-0.4, -0.2) is 45.6 Å². The number of amides is 2. The Labute approximate surface area is 164 Å². The maximum Gasteiger partial charge on any atom is 0.410 e. The van der Waals surface area contributed by atoms with Crippen LogP contribution in [0, 0.1) is 5.92 Å². The molecule has 28 heavy (non-hydrogen) atoms. The third kappa shape index (κ3) is 4.13. The number of likely N-dealkylation sites (tertiary alicyclic amines) is 1. The second-order valence-corrected chi connectivity index (χ2v) is 8.84. The third-order valence-corrected chi connectivity index (χ3v) is 5.35. The van der Waals surface area contributed by atoms with E-state index in [2.05, 4.69) is 15.3 Å². The van der Waals surface area contributed by atoms with Crippen molar-refractivity contribution < 1.29 is 14.3 Å². The Kier molecular flexibility index (Phi) is 4.77. The molecule has 3 heterocycles. The quantitative estimate of drug-likeness (QED) is 0.836. The van der Waals surface area contributed by atoms with Gasteiger partial charge in [-0.05, 0) is 70.1 Å². The van der Waals surface area contributed by atoms with Crippen molar-refractivity contribution in [3.63, 3.8) is 0 Å². The van der Waals surface area contributed by atoms with Crippen LogP contribution in [0.4, 0.5) is 10.6 Å². The Hall–Kier alpha value is -2.57. The standard InChI is InChI=1S/C21H28N4O3/c1-21(2,3)28-20(27)25-10-7-13(8-11-25)16-12-17(24-19(26)14-4-5-14)23-18-15(16)6-9-22-18/h6,9,12-14H,4-5,7-8,10-11H2,1-3H3,(H2,22,23,24,26). The lowest BCUT2D eigenvalue weighted by molar-refractivity contribution is -0.117. The van der Waals surface area contributed by atoms with Crippen LogP contribution >= 0.6 is 0 Å². The largest absolute Gasteiger partial charge is 0.444 e. The second-order valence-electron chi connectivity index (χ2n) is 8.84. The van der Waals surface area contributed by atoms with Gasteiger partial charge in [0.05, 0.1) is 0 Å². The average molecular weight is 384 g/mol. The van der Waals surface area contributed by atoms with Gasteiger partial charge in [0, 0.05) is 30.6 Å². The van der Waals surface area contributed by atoms with Crippen molar-refractivity contribution in [2.45, 2.75) is 58.0 Å². The fourth-order valence-electron chi connectivity index (χ4n) is 3.74.